The minimum Gasteiger partial charge on any atom is -0.244 e. The number of aromatic nitrogens is 4. The van der Waals surface area contributed by atoms with Crippen molar-refractivity contribution in [3.63, 3.8) is 0 Å². The zero-order valence-electron chi connectivity index (χ0n) is 6.37. The van der Waals surface area contributed by atoms with Crippen LogP contribution in [-0.2, 0) is 5.54 Å². The van der Waals surface area contributed by atoms with E-state index in [0.29, 0.717) is 0 Å². The number of hydrogen-bond donors (Lipinski definition) is 1. The van der Waals surface area contributed by atoms with Crippen molar-refractivity contribution in [2.24, 2.45) is 0 Å². The van der Waals surface area contributed by atoms with Gasteiger partial charge in [-0.3, -0.25) is 0 Å². The second kappa shape index (κ2) is 1.93. The Morgan fingerprint density at radius 1 is 1.73 bits per heavy atom. The van der Waals surface area contributed by atoms with Crippen LogP contribution in [-0.4, -0.2) is 20.2 Å². The minimum absolute atomic E-state index is 0.00405. The predicted octanol–water partition coefficient (Wildman–Crippen LogP) is -0.135. The first-order valence-corrected chi connectivity index (χ1v) is 3.79. The Balaban J connectivity index is 2.43. The summed E-state index contributed by atoms with van der Waals surface area (Å²) in [5, 5.41) is 9.47. The highest BCUT2D eigenvalue weighted by molar-refractivity contribution is 4.96. The Hall–Kier alpha value is -1.13. The fraction of sp³-hybridized carbons (Fsp3) is 0.833. The fourth-order valence-electron chi connectivity index (χ4n) is 1.37. The van der Waals surface area contributed by atoms with Crippen LogP contribution in [0.2, 0.25) is 0 Å². The highest BCUT2D eigenvalue weighted by Gasteiger charge is 2.45. The van der Waals surface area contributed by atoms with Crippen LogP contribution in [0.4, 0.5) is 0 Å². The number of hydrogen-bond acceptors (Lipinski definition) is 3. The van der Waals surface area contributed by atoms with E-state index in [1.807, 2.05) is 0 Å². The zero-order valence-corrected chi connectivity index (χ0v) is 6.37. The highest BCUT2D eigenvalue weighted by Crippen LogP contribution is 2.44. The Morgan fingerprint density at radius 3 is 2.82 bits per heavy atom. The molecule has 5 heteroatoms. The third-order valence-corrected chi connectivity index (χ3v) is 2.41. The number of nitrogens with zero attached hydrogens (tertiary/aromatic N) is 3. The highest BCUT2D eigenvalue weighted by atomic mass is 16.2. The third kappa shape index (κ3) is 0.800. The monoisotopic (exact) mass is 154 g/mol. The van der Waals surface area contributed by atoms with Crippen LogP contribution in [0, 0.1) is 0 Å². The standard InChI is InChI=1S/C6H10N4O/c1-2-6(3-4-6)10-5(11)7-8-9-10/h2-4H2,1H3,(H,7,9,11). The molecular weight excluding hydrogens is 144 g/mol. The molecule has 1 fully saturated rings. The first-order valence-electron chi connectivity index (χ1n) is 3.79. The van der Waals surface area contributed by atoms with Gasteiger partial charge in [0.25, 0.3) is 0 Å². The molecule has 5 nitrogen and oxygen atoms in total. The summed E-state index contributed by atoms with van der Waals surface area (Å²) in [6.45, 7) is 2.06. The van der Waals surface area contributed by atoms with Gasteiger partial charge in [-0.15, -0.1) is 0 Å². The number of tetrazole rings is 1. The van der Waals surface area contributed by atoms with Crippen LogP contribution in [0.25, 0.3) is 0 Å². The fourth-order valence-corrected chi connectivity index (χ4v) is 1.37. The van der Waals surface area contributed by atoms with Gasteiger partial charge in [-0.1, -0.05) is 6.92 Å². The molecule has 0 unspecified atom stereocenters. The van der Waals surface area contributed by atoms with E-state index in [-0.39, 0.29) is 11.2 Å². The summed E-state index contributed by atoms with van der Waals surface area (Å²) >= 11 is 0. The minimum atomic E-state index is -0.190. The average Bonchev–Trinajstić information content (AvgIpc) is 2.70. The molecule has 1 heterocycles. The molecule has 0 saturated heterocycles. The van der Waals surface area contributed by atoms with Crippen molar-refractivity contribution in [1.29, 1.82) is 0 Å². The van der Waals surface area contributed by atoms with Gasteiger partial charge >= 0.3 is 5.69 Å². The van der Waals surface area contributed by atoms with Crippen molar-refractivity contribution in [1.82, 2.24) is 20.2 Å². The lowest BCUT2D eigenvalue weighted by atomic mass is 10.2. The summed E-state index contributed by atoms with van der Waals surface area (Å²) in [5.74, 6) is 0. The van der Waals surface area contributed by atoms with Crippen molar-refractivity contribution >= 4 is 0 Å². The molecular formula is C6H10N4O. The number of aromatic amines is 1. The summed E-state index contributed by atoms with van der Waals surface area (Å²) in [7, 11) is 0. The van der Waals surface area contributed by atoms with Crippen molar-refractivity contribution in [2.45, 2.75) is 31.7 Å². The van der Waals surface area contributed by atoms with Gasteiger partial charge in [0.2, 0.25) is 0 Å². The van der Waals surface area contributed by atoms with Gasteiger partial charge in [0.05, 0.1) is 5.54 Å². The molecule has 60 valence electrons. The maximum Gasteiger partial charge on any atom is 0.361 e. The van der Waals surface area contributed by atoms with Crippen LogP contribution >= 0.6 is 0 Å². The van der Waals surface area contributed by atoms with E-state index in [4.69, 9.17) is 0 Å². The molecule has 0 bridgehead atoms. The SMILES string of the molecule is CCC1(n2nn[nH]c2=O)CC1. The summed E-state index contributed by atoms with van der Waals surface area (Å²) in [6.07, 6.45) is 3.06. The van der Waals surface area contributed by atoms with E-state index in [2.05, 4.69) is 22.4 Å². The molecule has 1 aliphatic carbocycles. The third-order valence-electron chi connectivity index (χ3n) is 2.41. The number of nitrogens with one attached hydrogen (secondary N) is 1. The molecule has 1 aromatic rings. The topological polar surface area (TPSA) is 63.6 Å². The molecule has 11 heavy (non-hydrogen) atoms. The molecule has 1 saturated carbocycles. The average molecular weight is 154 g/mol. The van der Waals surface area contributed by atoms with Crippen molar-refractivity contribution in [3.05, 3.63) is 10.5 Å². The van der Waals surface area contributed by atoms with E-state index in [1.54, 1.807) is 0 Å². The van der Waals surface area contributed by atoms with Gasteiger partial charge in [-0.2, -0.15) is 4.68 Å². The molecule has 0 spiro atoms. The number of H-pyrrole nitrogens is 1. The van der Waals surface area contributed by atoms with Gasteiger partial charge in [0.1, 0.15) is 0 Å². The van der Waals surface area contributed by atoms with E-state index >= 15 is 0 Å². The summed E-state index contributed by atoms with van der Waals surface area (Å²) < 4.78 is 1.47. The lowest BCUT2D eigenvalue weighted by Gasteiger charge is -2.08. The Labute approximate surface area is 63.4 Å². The zero-order chi connectivity index (χ0) is 7.90. The maximum atomic E-state index is 11.0. The second-order valence-corrected chi connectivity index (χ2v) is 3.00. The van der Waals surface area contributed by atoms with E-state index in [1.165, 1.54) is 4.68 Å². The number of rotatable bonds is 2. The normalized spacial score (nSPS) is 20.1. The van der Waals surface area contributed by atoms with Crippen molar-refractivity contribution in [2.75, 3.05) is 0 Å². The first kappa shape index (κ1) is 6.57. The summed E-state index contributed by atoms with van der Waals surface area (Å²) in [6, 6.07) is 0. The Kier molecular flexibility index (Phi) is 1.15. The van der Waals surface area contributed by atoms with E-state index in [0.717, 1.165) is 19.3 Å². The summed E-state index contributed by atoms with van der Waals surface area (Å²) in [5.41, 5.74) is -0.186. The van der Waals surface area contributed by atoms with Crippen LogP contribution < -0.4 is 5.69 Å². The first-order chi connectivity index (χ1) is 5.28. The lowest BCUT2D eigenvalue weighted by Crippen LogP contribution is -2.28. The smallest absolute Gasteiger partial charge is 0.244 e. The van der Waals surface area contributed by atoms with Gasteiger partial charge < -0.3 is 0 Å². The van der Waals surface area contributed by atoms with Crippen LogP contribution in [0.15, 0.2) is 4.79 Å². The molecule has 1 aromatic heterocycles. The Bertz CT molecular complexity index is 308. The molecule has 0 aliphatic heterocycles. The molecule has 2 rings (SSSR count). The van der Waals surface area contributed by atoms with Gasteiger partial charge in [-0.05, 0) is 29.7 Å². The second-order valence-electron chi connectivity index (χ2n) is 3.00. The quantitative estimate of drug-likeness (QED) is 0.645. The van der Waals surface area contributed by atoms with Crippen LogP contribution in [0.3, 0.4) is 0 Å². The predicted molar refractivity (Wildman–Crippen MR) is 38.1 cm³/mol. The molecule has 1 aliphatic rings. The maximum absolute atomic E-state index is 11.0. The lowest BCUT2D eigenvalue weighted by molar-refractivity contribution is 0.396. The molecule has 0 amide bonds. The van der Waals surface area contributed by atoms with Gasteiger partial charge in [-0.25, -0.2) is 9.89 Å². The van der Waals surface area contributed by atoms with Crippen molar-refractivity contribution in [3.8, 4) is 0 Å². The van der Waals surface area contributed by atoms with Gasteiger partial charge in [0, 0.05) is 0 Å². The van der Waals surface area contributed by atoms with Gasteiger partial charge in [0.15, 0.2) is 0 Å². The summed E-state index contributed by atoms with van der Waals surface area (Å²) in [4.78, 5) is 11.0. The van der Waals surface area contributed by atoms with E-state index < -0.39 is 0 Å². The Morgan fingerprint density at radius 2 is 2.45 bits per heavy atom. The van der Waals surface area contributed by atoms with Crippen LogP contribution in [0.1, 0.15) is 26.2 Å². The molecule has 0 aromatic carbocycles. The largest absolute Gasteiger partial charge is 0.361 e. The molecule has 1 N–H and O–H groups in total. The van der Waals surface area contributed by atoms with Crippen LogP contribution in [0.5, 0.6) is 0 Å². The molecule has 0 radical (unpaired) electrons. The van der Waals surface area contributed by atoms with E-state index in [9.17, 15) is 4.79 Å². The van der Waals surface area contributed by atoms with Crippen molar-refractivity contribution < 1.29 is 0 Å². The molecule has 0 atom stereocenters.